The van der Waals surface area contributed by atoms with Gasteiger partial charge in [-0.25, -0.2) is 9.98 Å². The molecule has 270 valence electrons. The second kappa shape index (κ2) is 12.5. The van der Waals surface area contributed by atoms with Gasteiger partial charge in [-0.1, -0.05) is 121 Å². The van der Waals surface area contributed by atoms with Gasteiger partial charge in [0.25, 0.3) is 0 Å². The van der Waals surface area contributed by atoms with Gasteiger partial charge in [-0.3, -0.25) is 0 Å². The number of nitrogens with one attached hydrogen (secondary N) is 1. The van der Waals surface area contributed by atoms with Gasteiger partial charge in [0.15, 0.2) is 5.84 Å². The van der Waals surface area contributed by atoms with Crippen LogP contribution in [-0.4, -0.2) is 16.2 Å². The molecule has 10 aromatic rings. The van der Waals surface area contributed by atoms with E-state index in [0.717, 1.165) is 96.1 Å². The zero-order chi connectivity index (χ0) is 37.5. The Morgan fingerprint density at radius 2 is 1.35 bits per heavy atom. The molecule has 0 saturated heterocycles. The topological polar surface area (TPSA) is 68.0 Å². The highest BCUT2D eigenvalue weighted by Crippen LogP contribution is 2.41. The first kappa shape index (κ1) is 31.9. The number of rotatable bonds is 5. The quantitative estimate of drug-likeness (QED) is 0.191. The molecule has 0 fully saturated rings. The number of hydrogen-bond donors (Lipinski definition) is 1. The molecule has 7 aromatic carbocycles. The molecule has 4 heterocycles. The van der Waals surface area contributed by atoms with Crippen molar-refractivity contribution in [1.82, 2.24) is 9.88 Å². The highest BCUT2D eigenvalue weighted by Gasteiger charge is 2.23. The van der Waals surface area contributed by atoms with Crippen LogP contribution in [0, 0.1) is 0 Å². The van der Waals surface area contributed by atoms with E-state index in [0.29, 0.717) is 5.84 Å². The molecule has 1 N–H and O–H groups in total. The van der Waals surface area contributed by atoms with Crippen molar-refractivity contribution in [2.75, 3.05) is 0 Å². The first-order valence-electron chi connectivity index (χ1n) is 19.5. The largest absolute Gasteiger partial charge is 0.456 e. The summed E-state index contributed by atoms with van der Waals surface area (Å²) in [6.07, 6.45) is 6.31. The lowest BCUT2D eigenvalue weighted by atomic mass is 10.00. The van der Waals surface area contributed by atoms with Crippen LogP contribution in [0.3, 0.4) is 0 Å². The standard InChI is InChI=1S/C51H34N4O2/c1-3-12-31(13-4-1)49-52-50(32-14-5-2-6-15-32)54-51(53-49)34-23-26-46-41(28-34)40-19-11-18-36(48(40)57-46)33-22-25-39-42-30-35(24-27-45(42)56-47(39)29-33)55-43-20-9-7-16-37(43)38-17-8-10-21-44(38)55/h1-9,11-20,22-30,51H,10,21H2,(H,52,53,54). The molecule has 0 bridgehead atoms. The van der Waals surface area contributed by atoms with Crippen LogP contribution in [0.1, 0.15) is 40.5 Å². The predicted molar refractivity (Wildman–Crippen MR) is 232 cm³/mol. The highest BCUT2D eigenvalue weighted by molar-refractivity contribution is 6.14. The zero-order valence-corrected chi connectivity index (χ0v) is 30.8. The Hall–Kier alpha value is -7.44. The van der Waals surface area contributed by atoms with Gasteiger partial charge in [0, 0.05) is 60.6 Å². The molecule has 57 heavy (non-hydrogen) atoms. The van der Waals surface area contributed by atoms with Crippen molar-refractivity contribution in [3.05, 3.63) is 192 Å². The monoisotopic (exact) mass is 734 g/mol. The minimum absolute atomic E-state index is 0.333. The van der Waals surface area contributed by atoms with E-state index in [2.05, 4.69) is 143 Å². The fourth-order valence-electron chi connectivity index (χ4n) is 8.83. The number of fused-ring (bicyclic) bond motifs is 9. The summed E-state index contributed by atoms with van der Waals surface area (Å²) in [5, 5.41) is 9.20. The van der Waals surface area contributed by atoms with E-state index in [9.17, 15) is 0 Å². The Morgan fingerprint density at radius 1 is 0.579 bits per heavy atom. The number of furan rings is 2. The fraction of sp³-hybridized carbons (Fsp3) is 0.0588. The summed E-state index contributed by atoms with van der Waals surface area (Å²) in [5.74, 6) is 1.49. The van der Waals surface area contributed by atoms with Crippen molar-refractivity contribution >= 4 is 72.5 Å². The second-order valence-corrected chi connectivity index (χ2v) is 14.9. The summed E-state index contributed by atoms with van der Waals surface area (Å²) in [7, 11) is 0. The Morgan fingerprint density at radius 3 is 2.25 bits per heavy atom. The molecule has 3 aromatic heterocycles. The molecule has 12 rings (SSSR count). The maximum atomic E-state index is 6.65. The third kappa shape index (κ3) is 5.11. The van der Waals surface area contributed by atoms with Gasteiger partial charge in [0.05, 0.1) is 5.52 Å². The number of aromatic nitrogens is 1. The van der Waals surface area contributed by atoms with Crippen molar-refractivity contribution in [1.29, 1.82) is 0 Å². The molecule has 1 unspecified atom stereocenters. The average Bonchev–Trinajstić information content (AvgIpc) is 3.95. The van der Waals surface area contributed by atoms with E-state index in [1.54, 1.807) is 0 Å². The van der Waals surface area contributed by atoms with E-state index in [1.807, 2.05) is 36.4 Å². The lowest BCUT2D eigenvalue weighted by molar-refractivity contribution is 0.664. The number of allylic oxidation sites excluding steroid dienone is 1. The van der Waals surface area contributed by atoms with Crippen LogP contribution >= 0.6 is 0 Å². The Balaban J connectivity index is 0.930. The van der Waals surface area contributed by atoms with Crippen LogP contribution in [0.4, 0.5) is 0 Å². The van der Waals surface area contributed by atoms with Crippen LogP contribution in [0.25, 0.3) is 77.7 Å². The molecular weight excluding hydrogens is 701 g/mol. The van der Waals surface area contributed by atoms with Crippen LogP contribution in [-0.2, 0) is 6.42 Å². The van der Waals surface area contributed by atoms with Gasteiger partial charge in [0.2, 0.25) is 0 Å². The summed E-state index contributed by atoms with van der Waals surface area (Å²) in [5.41, 5.74) is 13.6. The lowest BCUT2D eigenvalue weighted by Crippen LogP contribution is -2.33. The maximum Gasteiger partial charge on any atom is 0.159 e. The zero-order valence-electron chi connectivity index (χ0n) is 30.8. The minimum atomic E-state index is -0.333. The van der Waals surface area contributed by atoms with Crippen molar-refractivity contribution in [3.8, 4) is 16.8 Å². The van der Waals surface area contributed by atoms with E-state index in [-0.39, 0.29) is 6.17 Å². The van der Waals surface area contributed by atoms with Crippen molar-refractivity contribution in [2.24, 2.45) is 9.98 Å². The van der Waals surface area contributed by atoms with Gasteiger partial charge in [0.1, 0.15) is 34.3 Å². The average molecular weight is 735 g/mol. The number of hydrogen-bond acceptors (Lipinski definition) is 5. The maximum absolute atomic E-state index is 6.65. The molecule has 6 heteroatoms. The normalized spacial score (nSPS) is 15.3. The molecule has 6 nitrogen and oxygen atoms in total. The Bertz CT molecular complexity index is 3330. The van der Waals surface area contributed by atoms with Crippen molar-refractivity contribution in [3.63, 3.8) is 0 Å². The van der Waals surface area contributed by atoms with Gasteiger partial charge >= 0.3 is 0 Å². The smallest absolute Gasteiger partial charge is 0.159 e. The number of benzene rings is 7. The molecule has 1 atom stereocenters. The van der Waals surface area contributed by atoms with Gasteiger partial charge in [-0.05, 0) is 72.5 Å². The number of nitrogens with zero attached hydrogens (tertiary/aromatic N) is 3. The minimum Gasteiger partial charge on any atom is -0.456 e. The molecule has 1 aliphatic carbocycles. The second-order valence-electron chi connectivity index (χ2n) is 14.9. The van der Waals surface area contributed by atoms with Crippen molar-refractivity contribution in [2.45, 2.75) is 19.0 Å². The summed E-state index contributed by atoms with van der Waals surface area (Å²) < 4.78 is 15.6. The van der Waals surface area contributed by atoms with Gasteiger partial charge in [-0.15, -0.1) is 0 Å². The third-order valence-electron chi connectivity index (χ3n) is 11.5. The van der Waals surface area contributed by atoms with E-state index < -0.39 is 0 Å². The first-order valence-corrected chi connectivity index (χ1v) is 19.5. The number of amidine groups is 2. The van der Waals surface area contributed by atoms with Crippen LogP contribution < -0.4 is 5.32 Å². The molecule has 0 saturated carbocycles. The summed E-state index contributed by atoms with van der Waals surface area (Å²) in [6.45, 7) is 0. The summed E-state index contributed by atoms with van der Waals surface area (Å²) in [6, 6.07) is 54.9. The Labute approximate surface area is 327 Å². The van der Waals surface area contributed by atoms with Crippen LogP contribution in [0.15, 0.2) is 183 Å². The fourth-order valence-corrected chi connectivity index (χ4v) is 8.83. The molecule has 0 amide bonds. The van der Waals surface area contributed by atoms with Crippen molar-refractivity contribution < 1.29 is 8.83 Å². The van der Waals surface area contributed by atoms with Crippen LogP contribution in [0.2, 0.25) is 0 Å². The highest BCUT2D eigenvalue weighted by atomic mass is 16.3. The first-order chi connectivity index (χ1) is 28.2. The Kier molecular flexibility index (Phi) is 7.01. The molecule has 2 aliphatic rings. The van der Waals surface area contributed by atoms with E-state index in [4.69, 9.17) is 18.8 Å². The predicted octanol–water partition coefficient (Wildman–Crippen LogP) is 12.6. The molecule has 0 radical (unpaired) electrons. The lowest BCUT2D eigenvalue weighted by Gasteiger charge is -2.23. The molecule has 1 aliphatic heterocycles. The number of aliphatic imine (C=N–C) groups is 2. The van der Waals surface area contributed by atoms with Gasteiger partial charge < -0.3 is 18.7 Å². The number of para-hydroxylation sites is 2. The summed E-state index contributed by atoms with van der Waals surface area (Å²) >= 11 is 0. The van der Waals surface area contributed by atoms with E-state index in [1.165, 1.54) is 22.2 Å². The third-order valence-corrected chi connectivity index (χ3v) is 11.5. The van der Waals surface area contributed by atoms with Crippen LogP contribution in [0.5, 0.6) is 0 Å². The van der Waals surface area contributed by atoms with Gasteiger partial charge in [-0.2, -0.15) is 0 Å². The van der Waals surface area contributed by atoms with E-state index >= 15 is 0 Å². The molecular formula is C51H34N4O2. The summed E-state index contributed by atoms with van der Waals surface area (Å²) in [4.78, 5) is 10.1. The molecule has 0 spiro atoms. The SMILES string of the molecule is C1=Cc2c(n(-c3ccc4oc5cc(-c6cccc7c6oc6ccc(C8N=C(c9ccccc9)N=C(c9ccccc9)N8)cc67)ccc5c4c3)c3ccccc23)CC1.